The van der Waals surface area contributed by atoms with Gasteiger partial charge in [0.1, 0.15) is 6.04 Å². The number of hydrogen-bond donors (Lipinski definition) is 3. The molecule has 1 aliphatic carbocycles. The minimum absolute atomic E-state index is 0.0529. The molecule has 0 aromatic heterocycles. The van der Waals surface area contributed by atoms with Crippen LogP contribution in [0.2, 0.25) is 0 Å². The summed E-state index contributed by atoms with van der Waals surface area (Å²) < 4.78 is 0. The molecule has 2 amide bonds. The lowest BCUT2D eigenvalue weighted by Gasteiger charge is -2.28. The fourth-order valence-corrected chi connectivity index (χ4v) is 2.59. The quantitative estimate of drug-likeness (QED) is 0.646. The monoisotopic (exact) mass is 240 g/mol. The third kappa shape index (κ3) is 3.19. The molecule has 17 heavy (non-hydrogen) atoms. The van der Waals surface area contributed by atoms with Gasteiger partial charge in [-0.1, -0.05) is 12.8 Å². The lowest BCUT2D eigenvalue weighted by Crippen LogP contribution is -2.45. The maximum atomic E-state index is 11.7. The number of hydrogen-bond acceptors (Lipinski definition) is 3. The zero-order valence-corrected chi connectivity index (χ0v) is 9.95. The van der Waals surface area contributed by atoms with Crippen molar-refractivity contribution in [3.63, 3.8) is 0 Å². The van der Waals surface area contributed by atoms with Crippen LogP contribution in [0.15, 0.2) is 0 Å². The normalized spacial score (nSPS) is 33.2. The predicted molar refractivity (Wildman–Crippen MR) is 62.1 cm³/mol. The van der Waals surface area contributed by atoms with Gasteiger partial charge in [-0.05, 0) is 19.3 Å². The Labute approximate surface area is 101 Å². The second kappa shape index (κ2) is 5.49. The second-order valence-electron chi connectivity index (χ2n) is 5.02. The largest absolute Gasteiger partial charge is 0.393 e. The third-order valence-corrected chi connectivity index (χ3v) is 3.72. The van der Waals surface area contributed by atoms with Crippen molar-refractivity contribution in [3.05, 3.63) is 0 Å². The molecule has 3 N–H and O–H groups in total. The van der Waals surface area contributed by atoms with E-state index in [1.807, 2.05) is 0 Å². The third-order valence-electron chi connectivity index (χ3n) is 3.72. The molecule has 2 rings (SSSR count). The summed E-state index contributed by atoms with van der Waals surface area (Å²) in [4.78, 5) is 22.7. The zero-order valence-electron chi connectivity index (χ0n) is 9.95. The Bertz CT molecular complexity index is 306. The van der Waals surface area contributed by atoms with E-state index in [0.717, 1.165) is 25.7 Å². The summed E-state index contributed by atoms with van der Waals surface area (Å²) in [6.45, 7) is 0.520. The van der Waals surface area contributed by atoms with Gasteiger partial charge in [0, 0.05) is 18.9 Å². The van der Waals surface area contributed by atoms with E-state index in [0.29, 0.717) is 19.4 Å². The van der Waals surface area contributed by atoms with Crippen LogP contribution >= 0.6 is 0 Å². The highest BCUT2D eigenvalue weighted by atomic mass is 16.3. The molecule has 0 aromatic rings. The van der Waals surface area contributed by atoms with Gasteiger partial charge in [0.25, 0.3) is 0 Å². The van der Waals surface area contributed by atoms with Crippen LogP contribution in [0.3, 0.4) is 0 Å². The SMILES string of the molecule is O=C1CC[C@@H](C(=O)NCC2CCCCC2O)N1. The van der Waals surface area contributed by atoms with Crippen LogP contribution in [0, 0.1) is 5.92 Å². The van der Waals surface area contributed by atoms with Crippen LogP contribution in [0.1, 0.15) is 38.5 Å². The number of carbonyl (C=O) groups excluding carboxylic acids is 2. The Kier molecular flexibility index (Phi) is 3.99. The maximum Gasteiger partial charge on any atom is 0.242 e. The summed E-state index contributed by atoms with van der Waals surface area (Å²) in [5.41, 5.74) is 0. The molecule has 0 spiro atoms. The average Bonchev–Trinajstić information content (AvgIpc) is 2.74. The molecule has 0 bridgehead atoms. The van der Waals surface area contributed by atoms with Crippen LogP contribution < -0.4 is 10.6 Å². The van der Waals surface area contributed by atoms with E-state index < -0.39 is 0 Å². The molecule has 0 aromatic carbocycles. The number of aliphatic hydroxyl groups is 1. The first-order valence-corrected chi connectivity index (χ1v) is 6.42. The highest BCUT2D eigenvalue weighted by Crippen LogP contribution is 2.23. The van der Waals surface area contributed by atoms with Crippen molar-refractivity contribution >= 4 is 11.8 Å². The number of aliphatic hydroxyl groups excluding tert-OH is 1. The summed E-state index contributed by atoms with van der Waals surface area (Å²) in [5, 5.41) is 15.2. The van der Waals surface area contributed by atoms with Crippen molar-refractivity contribution in [1.82, 2.24) is 10.6 Å². The number of amides is 2. The molecule has 96 valence electrons. The molecule has 2 fully saturated rings. The lowest BCUT2D eigenvalue weighted by molar-refractivity contribution is -0.126. The smallest absolute Gasteiger partial charge is 0.242 e. The van der Waals surface area contributed by atoms with Gasteiger partial charge in [-0.2, -0.15) is 0 Å². The van der Waals surface area contributed by atoms with E-state index in [4.69, 9.17) is 0 Å². The van der Waals surface area contributed by atoms with Crippen molar-refractivity contribution < 1.29 is 14.7 Å². The molecule has 2 unspecified atom stereocenters. The number of carbonyl (C=O) groups is 2. The fraction of sp³-hybridized carbons (Fsp3) is 0.833. The Hall–Kier alpha value is -1.10. The topological polar surface area (TPSA) is 78.4 Å². The van der Waals surface area contributed by atoms with Gasteiger partial charge >= 0.3 is 0 Å². The Morgan fingerprint density at radius 2 is 2.12 bits per heavy atom. The standard InChI is InChI=1S/C12H20N2O3/c15-10-4-2-1-3-8(10)7-13-12(17)9-5-6-11(16)14-9/h8-10,15H,1-7H2,(H,13,17)(H,14,16)/t8?,9-,10?/m0/s1. The first kappa shape index (κ1) is 12.4. The van der Waals surface area contributed by atoms with Crippen molar-refractivity contribution in [1.29, 1.82) is 0 Å². The summed E-state index contributed by atoms with van der Waals surface area (Å²) >= 11 is 0. The Balaban J connectivity index is 1.73. The van der Waals surface area contributed by atoms with Crippen molar-refractivity contribution in [2.45, 2.75) is 50.7 Å². The summed E-state index contributed by atoms with van der Waals surface area (Å²) in [5.74, 6) is 0.00118. The van der Waals surface area contributed by atoms with Crippen LogP contribution in [-0.2, 0) is 9.59 Å². The van der Waals surface area contributed by atoms with Crippen molar-refractivity contribution in [2.24, 2.45) is 5.92 Å². The van der Waals surface area contributed by atoms with E-state index >= 15 is 0 Å². The van der Waals surface area contributed by atoms with Crippen LogP contribution in [0.5, 0.6) is 0 Å². The highest BCUT2D eigenvalue weighted by molar-refractivity contribution is 5.90. The molecule has 1 saturated heterocycles. The van der Waals surface area contributed by atoms with Gasteiger partial charge in [0.2, 0.25) is 11.8 Å². The minimum Gasteiger partial charge on any atom is -0.393 e. The first-order chi connectivity index (χ1) is 8.16. The van der Waals surface area contributed by atoms with Crippen molar-refractivity contribution in [3.8, 4) is 0 Å². The van der Waals surface area contributed by atoms with E-state index in [1.165, 1.54) is 0 Å². The Morgan fingerprint density at radius 3 is 2.76 bits per heavy atom. The molecule has 3 atom stereocenters. The molecule has 5 nitrogen and oxygen atoms in total. The van der Waals surface area contributed by atoms with Crippen LogP contribution in [0.4, 0.5) is 0 Å². The average molecular weight is 240 g/mol. The first-order valence-electron chi connectivity index (χ1n) is 6.42. The van der Waals surface area contributed by atoms with Crippen LogP contribution in [0.25, 0.3) is 0 Å². The molecule has 1 aliphatic heterocycles. The number of nitrogens with one attached hydrogen (secondary N) is 2. The summed E-state index contributed by atoms with van der Waals surface area (Å²) in [6.07, 6.45) is 4.73. The van der Waals surface area contributed by atoms with Crippen LogP contribution in [-0.4, -0.2) is 35.6 Å². The van der Waals surface area contributed by atoms with Gasteiger partial charge in [0.05, 0.1) is 6.10 Å². The second-order valence-corrected chi connectivity index (χ2v) is 5.02. The van der Waals surface area contributed by atoms with Gasteiger partial charge in [-0.25, -0.2) is 0 Å². The molecule has 2 aliphatic rings. The number of rotatable bonds is 3. The summed E-state index contributed by atoms with van der Waals surface area (Å²) in [6, 6.07) is -0.372. The summed E-state index contributed by atoms with van der Waals surface area (Å²) in [7, 11) is 0. The lowest BCUT2D eigenvalue weighted by atomic mass is 9.86. The molecule has 5 heteroatoms. The Morgan fingerprint density at radius 1 is 1.35 bits per heavy atom. The minimum atomic E-state index is -0.372. The van der Waals surface area contributed by atoms with Gasteiger partial charge in [-0.3, -0.25) is 9.59 Å². The van der Waals surface area contributed by atoms with Gasteiger partial charge < -0.3 is 15.7 Å². The molecule has 1 saturated carbocycles. The maximum absolute atomic E-state index is 11.7. The fourth-order valence-electron chi connectivity index (χ4n) is 2.59. The van der Waals surface area contributed by atoms with E-state index in [2.05, 4.69) is 10.6 Å². The molecular weight excluding hydrogens is 220 g/mol. The van der Waals surface area contributed by atoms with Gasteiger partial charge in [-0.15, -0.1) is 0 Å². The highest BCUT2D eigenvalue weighted by Gasteiger charge is 2.28. The van der Waals surface area contributed by atoms with Crippen molar-refractivity contribution in [2.75, 3.05) is 6.54 Å². The predicted octanol–water partition coefficient (Wildman–Crippen LogP) is -0.0677. The van der Waals surface area contributed by atoms with E-state index in [1.54, 1.807) is 0 Å². The van der Waals surface area contributed by atoms with Gasteiger partial charge in [0.15, 0.2) is 0 Å². The zero-order chi connectivity index (χ0) is 12.3. The molecule has 0 radical (unpaired) electrons. The molecule has 1 heterocycles. The molecular formula is C12H20N2O3. The van der Waals surface area contributed by atoms with E-state index in [9.17, 15) is 14.7 Å². The van der Waals surface area contributed by atoms with E-state index in [-0.39, 0.29) is 29.9 Å².